The number of alkyl halides is 1. The number of carbonyl (C=O) groups excluding carboxylic acids is 2. The van der Waals surface area contributed by atoms with Crippen molar-refractivity contribution in [2.75, 3.05) is 6.54 Å². The van der Waals surface area contributed by atoms with E-state index in [1.54, 1.807) is 19.1 Å². The number of ether oxygens (including phenoxy) is 1. The molecule has 2 aliphatic carbocycles. The number of carboxylic acid groups (broad SMARTS) is 1. The Hall–Kier alpha value is -1.63. The van der Waals surface area contributed by atoms with Crippen molar-refractivity contribution in [3.05, 3.63) is 35.4 Å². The van der Waals surface area contributed by atoms with Crippen LogP contribution in [0.5, 0.6) is 0 Å². The van der Waals surface area contributed by atoms with Crippen LogP contribution in [0.3, 0.4) is 0 Å². The van der Waals surface area contributed by atoms with E-state index in [0.29, 0.717) is 24.8 Å². The summed E-state index contributed by atoms with van der Waals surface area (Å²) in [4.78, 5) is 34.3. The van der Waals surface area contributed by atoms with Gasteiger partial charge in [-0.1, -0.05) is 37.3 Å². The zero-order chi connectivity index (χ0) is 19.5. The van der Waals surface area contributed by atoms with Crippen molar-refractivity contribution in [1.82, 2.24) is 5.32 Å². The van der Waals surface area contributed by atoms with Crippen LogP contribution in [0.1, 0.15) is 32.6 Å². The fraction of sp³-hybridized carbons (Fsp3) is 0.500. The third-order valence-electron chi connectivity index (χ3n) is 4.67. The van der Waals surface area contributed by atoms with Crippen LogP contribution in [0.4, 0.5) is 0 Å². The van der Waals surface area contributed by atoms with E-state index in [2.05, 4.69) is 11.9 Å². The van der Waals surface area contributed by atoms with Gasteiger partial charge in [0, 0.05) is 5.03 Å². The molecule has 2 atom stereocenters. The van der Waals surface area contributed by atoms with Crippen LogP contribution in [0.25, 0.3) is 0 Å². The van der Waals surface area contributed by atoms with E-state index in [1.165, 1.54) is 6.08 Å². The Morgan fingerprint density at radius 3 is 2.58 bits per heavy atom. The Bertz CT molecular complexity index is 696. The summed E-state index contributed by atoms with van der Waals surface area (Å²) in [5, 5.41) is 11.2. The van der Waals surface area contributed by atoms with E-state index in [-0.39, 0.29) is 5.03 Å². The normalized spacial score (nSPS) is 26.4. The maximum atomic E-state index is 12.8. The van der Waals surface area contributed by atoms with Crippen LogP contribution in [0.2, 0.25) is 0 Å². The highest BCUT2D eigenvalue weighted by molar-refractivity contribution is 6.49. The number of carboxylic acids is 1. The van der Waals surface area contributed by atoms with Gasteiger partial charge >= 0.3 is 5.97 Å². The van der Waals surface area contributed by atoms with E-state index in [9.17, 15) is 14.4 Å². The summed E-state index contributed by atoms with van der Waals surface area (Å²) in [6.45, 7) is 5.00. The molecule has 0 heterocycles. The van der Waals surface area contributed by atoms with Crippen molar-refractivity contribution in [3.63, 3.8) is 0 Å². The molecular weight excluding hydrogens is 381 g/mol. The maximum Gasteiger partial charge on any atom is 0.322 e. The summed E-state index contributed by atoms with van der Waals surface area (Å²) in [5.41, 5.74) is -0.930. The number of amides is 1. The molecule has 1 fully saturated rings. The molecule has 0 saturated heterocycles. The molecule has 2 aliphatic rings. The predicted octanol–water partition coefficient (Wildman–Crippen LogP) is 2.70. The Kier molecular flexibility index (Phi) is 6.32. The van der Waals surface area contributed by atoms with Crippen molar-refractivity contribution >= 4 is 40.9 Å². The number of Topliss-reactive ketones (excluding diaryl/α,β-unsaturated/α-hetero) is 1. The van der Waals surface area contributed by atoms with Crippen LogP contribution in [-0.4, -0.2) is 45.9 Å². The van der Waals surface area contributed by atoms with Gasteiger partial charge < -0.3 is 15.2 Å². The molecule has 8 heteroatoms. The molecule has 2 rings (SSSR count). The highest BCUT2D eigenvalue weighted by Gasteiger charge is 2.54. The van der Waals surface area contributed by atoms with Crippen molar-refractivity contribution in [3.8, 4) is 0 Å². The third kappa shape index (κ3) is 3.72. The quantitative estimate of drug-likeness (QED) is 0.481. The second kappa shape index (κ2) is 7.94. The molecule has 0 aromatic rings. The minimum atomic E-state index is -1.70. The number of carbonyl (C=O) groups is 3. The largest absolute Gasteiger partial charge is 0.480 e. The Morgan fingerprint density at radius 2 is 2.08 bits per heavy atom. The molecule has 1 saturated carbocycles. The van der Waals surface area contributed by atoms with Crippen LogP contribution in [0.15, 0.2) is 35.4 Å². The fourth-order valence-electron chi connectivity index (χ4n) is 2.86. The van der Waals surface area contributed by atoms with E-state index in [1.807, 2.05) is 0 Å². The Morgan fingerprint density at radius 1 is 1.42 bits per heavy atom. The average molecular weight is 402 g/mol. The molecule has 142 valence electrons. The Balaban J connectivity index is 2.27. The molecule has 2 N–H and O–H groups in total. The molecule has 0 bridgehead atoms. The number of hydrogen-bond donors (Lipinski definition) is 2. The smallest absolute Gasteiger partial charge is 0.322 e. The van der Waals surface area contributed by atoms with Crippen LogP contribution >= 0.6 is 23.2 Å². The van der Waals surface area contributed by atoms with Gasteiger partial charge in [-0.05, 0) is 37.3 Å². The minimum Gasteiger partial charge on any atom is -0.480 e. The topological polar surface area (TPSA) is 92.7 Å². The van der Waals surface area contributed by atoms with Crippen molar-refractivity contribution in [2.45, 2.75) is 49.2 Å². The van der Waals surface area contributed by atoms with Gasteiger partial charge in [-0.2, -0.15) is 0 Å². The highest BCUT2D eigenvalue weighted by Crippen LogP contribution is 2.45. The standard InChI is InChI=1S/C18H21Cl2NO5/c1-3-11(2)15(24)18(20)12(19)6-4-7-13(18)26-17(8-5-9-17)16(25)21-10-14(22)23/h4,6-7,13H,2-3,5,8-10H2,1H3,(H,21,25)(H,22,23). The monoisotopic (exact) mass is 401 g/mol. The molecule has 1 amide bonds. The van der Waals surface area contributed by atoms with Gasteiger partial charge in [0.1, 0.15) is 18.2 Å². The predicted molar refractivity (Wildman–Crippen MR) is 98.2 cm³/mol. The lowest BCUT2D eigenvalue weighted by molar-refractivity contribution is -0.171. The second-order valence-corrected chi connectivity index (χ2v) is 7.36. The van der Waals surface area contributed by atoms with Gasteiger partial charge in [0.25, 0.3) is 5.91 Å². The van der Waals surface area contributed by atoms with Gasteiger partial charge in [0.15, 0.2) is 10.7 Å². The zero-order valence-corrected chi connectivity index (χ0v) is 15.9. The van der Waals surface area contributed by atoms with Crippen LogP contribution < -0.4 is 5.32 Å². The van der Waals surface area contributed by atoms with Crippen LogP contribution in [-0.2, 0) is 19.1 Å². The molecular formula is C18H21Cl2NO5. The van der Waals surface area contributed by atoms with Crippen molar-refractivity contribution < 1.29 is 24.2 Å². The van der Waals surface area contributed by atoms with E-state index >= 15 is 0 Å². The minimum absolute atomic E-state index is 0.0895. The SMILES string of the molecule is C=C(CC)C(=O)C1(Cl)C(Cl)=CC=CC1OC1(C(=O)NCC(=O)O)CCC1. The number of rotatable bonds is 8. The van der Waals surface area contributed by atoms with Gasteiger partial charge in [-0.25, -0.2) is 0 Å². The highest BCUT2D eigenvalue weighted by atomic mass is 35.5. The number of aliphatic carboxylic acids is 1. The molecule has 6 nitrogen and oxygen atoms in total. The summed E-state index contributed by atoms with van der Waals surface area (Å²) >= 11 is 12.9. The molecule has 0 radical (unpaired) electrons. The molecule has 26 heavy (non-hydrogen) atoms. The number of nitrogens with one attached hydrogen (secondary N) is 1. The van der Waals surface area contributed by atoms with Crippen molar-refractivity contribution in [1.29, 1.82) is 0 Å². The van der Waals surface area contributed by atoms with Gasteiger partial charge in [-0.3, -0.25) is 14.4 Å². The molecule has 0 aliphatic heterocycles. The first kappa shape index (κ1) is 20.7. The van der Waals surface area contributed by atoms with E-state index in [0.717, 1.165) is 6.42 Å². The van der Waals surface area contributed by atoms with E-state index < -0.39 is 40.8 Å². The third-order valence-corrected chi connectivity index (χ3v) is 5.79. The number of ketones is 1. The van der Waals surface area contributed by atoms with Crippen LogP contribution in [0, 0.1) is 0 Å². The summed E-state index contributed by atoms with van der Waals surface area (Å²) in [7, 11) is 0. The van der Waals surface area contributed by atoms with Gasteiger partial charge in [0.2, 0.25) is 0 Å². The zero-order valence-electron chi connectivity index (χ0n) is 14.4. The van der Waals surface area contributed by atoms with Crippen molar-refractivity contribution in [2.24, 2.45) is 0 Å². The first-order valence-electron chi connectivity index (χ1n) is 8.31. The lowest BCUT2D eigenvalue weighted by Crippen LogP contribution is -2.59. The fourth-order valence-corrected chi connectivity index (χ4v) is 3.44. The Labute approximate surface area is 161 Å². The number of allylic oxidation sites excluding steroid dienone is 3. The summed E-state index contributed by atoms with van der Waals surface area (Å²) in [6, 6.07) is 0. The molecule has 0 aromatic heterocycles. The second-order valence-electron chi connectivity index (χ2n) is 6.36. The summed E-state index contributed by atoms with van der Waals surface area (Å²) in [5.74, 6) is -2.15. The summed E-state index contributed by atoms with van der Waals surface area (Å²) in [6.07, 6.45) is 5.66. The average Bonchev–Trinajstić information content (AvgIpc) is 2.57. The number of halogens is 2. The first-order valence-corrected chi connectivity index (χ1v) is 9.07. The lowest BCUT2D eigenvalue weighted by atomic mass is 9.78. The molecule has 2 unspecified atom stereocenters. The van der Waals surface area contributed by atoms with E-state index in [4.69, 9.17) is 33.0 Å². The lowest BCUT2D eigenvalue weighted by Gasteiger charge is -2.45. The van der Waals surface area contributed by atoms with Gasteiger partial charge in [0.05, 0.1) is 0 Å². The van der Waals surface area contributed by atoms with Gasteiger partial charge in [-0.15, -0.1) is 11.6 Å². The number of hydrogen-bond acceptors (Lipinski definition) is 4. The maximum absolute atomic E-state index is 12.8. The first-order chi connectivity index (χ1) is 12.2. The molecule has 0 aromatic carbocycles. The molecule has 0 spiro atoms. The summed E-state index contributed by atoms with van der Waals surface area (Å²) < 4.78 is 6.00.